The highest BCUT2D eigenvalue weighted by Gasteiger charge is 2.23. The zero-order chi connectivity index (χ0) is 13.7. The Balaban J connectivity index is 1.71. The van der Waals surface area contributed by atoms with Crippen molar-refractivity contribution < 1.29 is 0 Å². The van der Waals surface area contributed by atoms with Crippen LogP contribution in [0.2, 0.25) is 0 Å². The fourth-order valence-corrected chi connectivity index (χ4v) is 2.93. The summed E-state index contributed by atoms with van der Waals surface area (Å²) in [5.74, 6) is 1.69. The normalized spacial score (nSPS) is 26.3. The van der Waals surface area contributed by atoms with Crippen molar-refractivity contribution in [1.82, 2.24) is 4.90 Å². The fraction of sp³-hybridized carbons (Fsp3) is 0.647. The summed E-state index contributed by atoms with van der Waals surface area (Å²) >= 11 is 0. The molecule has 0 bridgehead atoms. The average molecular weight is 260 g/mol. The van der Waals surface area contributed by atoms with Crippen LogP contribution in [0.1, 0.15) is 32.3 Å². The predicted molar refractivity (Wildman–Crippen MR) is 82.1 cm³/mol. The van der Waals surface area contributed by atoms with Crippen LogP contribution in [-0.2, 0) is 6.42 Å². The molecule has 3 unspecified atom stereocenters. The maximum absolute atomic E-state index is 6.29. The molecule has 1 aliphatic rings. The van der Waals surface area contributed by atoms with Crippen LogP contribution in [0, 0.1) is 11.8 Å². The third-order valence-electron chi connectivity index (χ3n) is 4.56. The Bertz CT molecular complexity index is 363. The number of benzene rings is 1. The van der Waals surface area contributed by atoms with E-state index in [1.54, 1.807) is 0 Å². The van der Waals surface area contributed by atoms with Gasteiger partial charge in [0.25, 0.3) is 0 Å². The minimum atomic E-state index is 0.306. The highest BCUT2D eigenvalue weighted by molar-refractivity contribution is 5.14. The molecule has 2 N–H and O–H groups in total. The first kappa shape index (κ1) is 14.5. The molecule has 0 spiro atoms. The molecule has 1 saturated heterocycles. The molecule has 2 nitrogen and oxygen atoms in total. The van der Waals surface area contributed by atoms with Gasteiger partial charge in [0, 0.05) is 19.1 Å². The van der Waals surface area contributed by atoms with Gasteiger partial charge in [0.1, 0.15) is 0 Å². The van der Waals surface area contributed by atoms with Crippen molar-refractivity contribution in [3.8, 4) is 0 Å². The number of hydrogen-bond acceptors (Lipinski definition) is 2. The molecule has 3 atom stereocenters. The molecule has 106 valence electrons. The molecule has 0 amide bonds. The molecule has 0 radical (unpaired) electrons. The van der Waals surface area contributed by atoms with Crippen LogP contribution in [0.4, 0.5) is 0 Å². The molecule has 19 heavy (non-hydrogen) atoms. The Labute approximate surface area is 118 Å². The van der Waals surface area contributed by atoms with E-state index in [1.165, 1.54) is 25.1 Å². The van der Waals surface area contributed by atoms with Crippen molar-refractivity contribution in [2.45, 2.75) is 39.2 Å². The summed E-state index contributed by atoms with van der Waals surface area (Å²) in [4.78, 5) is 2.56. The Morgan fingerprint density at radius 1 is 1.21 bits per heavy atom. The largest absolute Gasteiger partial charge is 0.327 e. The SMILES string of the molecule is CC1CCN(CC(N)CCc2ccccc2)CC1C. The van der Waals surface area contributed by atoms with Gasteiger partial charge < -0.3 is 10.6 Å². The van der Waals surface area contributed by atoms with Gasteiger partial charge in [-0.15, -0.1) is 0 Å². The molecule has 1 heterocycles. The van der Waals surface area contributed by atoms with Crippen LogP contribution < -0.4 is 5.73 Å². The zero-order valence-corrected chi connectivity index (χ0v) is 12.4. The molecular formula is C17H28N2. The number of likely N-dealkylation sites (tertiary alicyclic amines) is 1. The van der Waals surface area contributed by atoms with Crippen LogP contribution in [0.3, 0.4) is 0 Å². The van der Waals surface area contributed by atoms with Gasteiger partial charge >= 0.3 is 0 Å². The number of rotatable bonds is 5. The standard InChI is InChI=1S/C17H28N2/c1-14-10-11-19(12-15(14)2)13-17(18)9-8-16-6-4-3-5-7-16/h3-7,14-15,17H,8-13,18H2,1-2H3. The Morgan fingerprint density at radius 3 is 2.63 bits per heavy atom. The summed E-state index contributed by atoms with van der Waals surface area (Å²) in [6.45, 7) is 8.25. The molecule has 1 aliphatic heterocycles. The second-order valence-electron chi connectivity index (χ2n) is 6.29. The minimum Gasteiger partial charge on any atom is -0.327 e. The summed E-state index contributed by atoms with van der Waals surface area (Å²) in [7, 11) is 0. The van der Waals surface area contributed by atoms with E-state index in [-0.39, 0.29) is 0 Å². The lowest BCUT2D eigenvalue weighted by Gasteiger charge is -2.36. The zero-order valence-electron chi connectivity index (χ0n) is 12.4. The van der Waals surface area contributed by atoms with E-state index in [4.69, 9.17) is 5.73 Å². The van der Waals surface area contributed by atoms with Gasteiger partial charge in [-0.2, -0.15) is 0 Å². The molecule has 0 saturated carbocycles. The molecule has 0 aromatic heterocycles. The van der Waals surface area contributed by atoms with E-state index in [2.05, 4.69) is 49.1 Å². The number of hydrogen-bond donors (Lipinski definition) is 1. The van der Waals surface area contributed by atoms with Crippen molar-refractivity contribution in [1.29, 1.82) is 0 Å². The lowest BCUT2D eigenvalue weighted by Crippen LogP contribution is -2.44. The average Bonchev–Trinajstić information content (AvgIpc) is 2.42. The monoisotopic (exact) mass is 260 g/mol. The van der Waals surface area contributed by atoms with E-state index in [0.717, 1.165) is 31.2 Å². The molecule has 1 fully saturated rings. The molecule has 1 aromatic carbocycles. The van der Waals surface area contributed by atoms with Gasteiger partial charge in [0.15, 0.2) is 0 Å². The Kier molecular flexibility index (Phi) is 5.41. The van der Waals surface area contributed by atoms with E-state index in [0.29, 0.717) is 6.04 Å². The summed E-state index contributed by atoms with van der Waals surface area (Å²) < 4.78 is 0. The van der Waals surface area contributed by atoms with Gasteiger partial charge in [-0.3, -0.25) is 0 Å². The van der Waals surface area contributed by atoms with E-state index >= 15 is 0 Å². The first-order valence-corrected chi connectivity index (χ1v) is 7.67. The molecular weight excluding hydrogens is 232 g/mol. The first-order chi connectivity index (χ1) is 9.15. The van der Waals surface area contributed by atoms with Gasteiger partial charge in [-0.25, -0.2) is 0 Å². The van der Waals surface area contributed by atoms with Crippen LogP contribution in [0.5, 0.6) is 0 Å². The minimum absolute atomic E-state index is 0.306. The second kappa shape index (κ2) is 7.06. The van der Waals surface area contributed by atoms with Crippen LogP contribution in [-0.4, -0.2) is 30.6 Å². The first-order valence-electron chi connectivity index (χ1n) is 7.67. The molecule has 0 aliphatic carbocycles. The number of piperidine rings is 1. The maximum atomic E-state index is 6.29. The van der Waals surface area contributed by atoms with Crippen LogP contribution >= 0.6 is 0 Å². The number of aryl methyl sites for hydroxylation is 1. The van der Waals surface area contributed by atoms with E-state index < -0.39 is 0 Å². The lowest BCUT2D eigenvalue weighted by atomic mass is 9.88. The summed E-state index contributed by atoms with van der Waals surface area (Å²) in [6.07, 6.45) is 3.51. The topological polar surface area (TPSA) is 29.3 Å². The van der Waals surface area contributed by atoms with Gasteiger partial charge in [0.2, 0.25) is 0 Å². The van der Waals surface area contributed by atoms with Crippen molar-refractivity contribution >= 4 is 0 Å². The number of nitrogens with zero attached hydrogens (tertiary/aromatic N) is 1. The van der Waals surface area contributed by atoms with Crippen molar-refractivity contribution in [3.05, 3.63) is 35.9 Å². The van der Waals surface area contributed by atoms with E-state index in [1.807, 2.05) is 0 Å². The quantitative estimate of drug-likeness (QED) is 0.882. The summed E-state index contributed by atoms with van der Waals surface area (Å²) in [6, 6.07) is 11.0. The number of nitrogens with two attached hydrogens (primary N) is 1. The lowest BCUT2D eigenvalue weighted by molar-refractivity contribution is 0.131. The summed E-state index contributed by atoms with van der Waals surface area (Å²) in [5.41, 5.74) is 7.69. The van der Waals surface area contributed by atoms with Crippen LogP contribution in [0.25, 0.3) is 0 Å². The smallest absolute Gasteiger partial charge is 0.0170 e. The fourth-order valence-electron chi connectivity index (χ4n) is 2.93. The van der Waals surface area contributed by atoms with Crippen molar-refractivity contribution in [3.63, 3.8) is 0 Å². The third-order valence-corrected chi connectivity index (χ3v) is 4.56. The Hall–Kier alpha value is -0.860. The third kappa shape index (κ3) is 4.63. The van der Waals surface area contributed by atoms with Gasteiger partial charge in [-0.1, -0.05) is 44.2 Å². The van der Waals surface area contributed by atoms with Gasteiger partial charge in [-0.05, 0) is 43.2 Å². The molecule has 2 heteroatoms. The summed E-state index contributed by atoms with van der Waals surface area (Å²) in [5, 5.41) is 0. The highest BCUT2D eigenvalue weighted by Crippen LogP contribution is 2.22. The van der Waals surface area contributed by atoms with Crippen molar-refractivity contribution in [2.75, 3.05) is 19.6 Å². The Morgan fingerprint density at radius 2 is 1.95 bits per heavy atom. The van der Waals surface area contributed by atoms with Crippen molar-refractivity contribution in [2.24, 2.45) is 17.6 Å². The molecule has 1 aromatic rings. The van der Waals surface area contributed by atoms with Gasteiger partial charge in [0.05, 0.1) is 0 Å². The molecule has 2 rings (SSSR count). The maximum Gasteiger partial charge on any atom is 0.0170 e. The highest BCUT2D eigenvalue weighted by atomic mass is 15.1. The second-order valence-corrected chi connectivity index (χ2v) is 6.29. The predicted octanol–water partition coefficient (Wildman–Crippen LogP) is 2.92. The van der Waals surface area contributed by atoms with E-state index in [9.17, 15) is 0 Å². The van der Waals surface area contributed by atoms with Crippen LogP contribution in [0.15, 0.2) is 30.3 Å².